The predicted octanol–water partition coefficient (Wildman–Crippen LogP) is 4.42. The van der Waals surface area contributed by atoms with Crippen molar-refractivity contribution in [1.29, 1.82) is 0 Å². The monoisotopic (exact) mass is 308 g/mol. The number of carbonyl (C=O) groups excluding carboxylic acids is 1. The normalized spacial score (nSPS) is 17.6. The number of likely N-dealkylation sites (tertiary alicyclic amines) is 1. The van der Waals surface area contributed by atoms with E-state index in [2.05, 4.69) is 19.2 Å². The average molecular weight is 309 g/mol. The largest absolute Gasteiger partial charge is 0.385 e. The van der Waals surface area contributed by atoms with E-state index >= 15 is 0 Å². The fourth-order valence-electron chi connectivity index (χ4n) is 2.81. The van der Waals surface area contributed by atoms with Crippen LogP contribution >= 0.6 is 11.6 Å². The molecule has 2 rings (SSSR count). The van der Waals surface area contributed by atoms with Crippen molar-refractivity contribution in [2.75, 3.05) is 25.0 Å². The first-order valence-electron chi connectivity index (χ1n) is 7.82. The summed E-state index contributed by atoms with van der Waals surface area (Å²) in [5, 5.41) is 3.85. The van der Waals surface area contributed by atoms with Crippen molar-refractivity contribution in [1.82, 2.24) is 4.90 Å². The average Bonchev–Trinajstić information content (AvgIpc) is 2.49. The van der Waals surface area contributed by atoms with Crippen LogP contribution < -0.4 is 5.32 Å². The lowest BCUT2D eigenvalue weighted by Gasteiger charge is -2.39. The summed E-state index contributed by atoms with van der Waals surface area (Å²) in [7, 11) is 0. The van der Waals surface area contributed by atoms with E-state index in [9.17, 15) is 4.79 Å². The topological polar surface area (TPSA) is 32.3 Å². The van der Waals surface area contributed by atoms with E-state index in [0.29, 0.717) is 16.0 Å². The number of nitrogens with zero attached hydrogens (tertiary/aromatic N) is 1. The number of rotatable bonds is 4. The molecule has 1 aliphatic rings. The van der Waals surface area contributed by atoms with Gasteiger partial charge in [0.1, 0.15) is 0 Å². The molecule has 1 heterocycles. The van der Waals surface area contributed by atoms with Crippen molar-refractivity contribution in [2.24, 2.45) is 5.41 Å². The lowest BCUT2D eigenvalue weighted by atomic mass is 9.78. The van der Waals surface area contributed by atoms with Crippen LogP contribution in [-0.2, 0) is 0 Å². The van der Waals surface area contributed by atoms with Gasteiger partial charge in [-0.15, -0.1) is 0 Å². The highest BCUT2D eigenvalue weighted by Crippen LogP contribution is 2.35. The van der Waals surface area contributed by atoms with Crippen molar-refractivity contribution >= 4 is 23.2 Å². The van der Waals surface area contributed by atoms with Gasteiger partial charge in [0.15, 0.2) is 0 Å². The maximum atomic E-state index is 12.8. The Bertz CT molecular complexity index is 508. The SMILES string of the molecule is CCNc1ccc(Cl)cc1C(=O)N1CCC(C)(CC)CC1. The summed E-state index contributed by atoms with van der Waals surface area (Å²) in [6.45, 7) is 9.03. The van der Waals surface area contributed by atoms with Crippen LogP contribution in [0.15, 0.2) is 18.2 Å². The van der Waals surface area contributed by atoms with Crippen molar-refractivity contribution in [3.63, 3.8) is 0 Å². The van der Waals surface area contributed by atoms with Crippen molar-refractivity contribution in [2.45, 2.75) is 40.0 Å². The van der Waals surface area contributed by atoms with E-state index in [4.69, 9.17) is 11.6 Å². The number of piperidine rings is 1. The highest BCUT2D eigenvalue weighted by atomic mass is 35.5. The molecule has 0 radical (unpaired) electrons. The lowest BCUT2D eigenvalue weighted by molar-refractivity contribution is 0.0601. The number of benzene rings is 1. The summed E-state index contributed by atoms with van der Waals surface area (Å²) in [5.74, 6) is 0.0894. The van der Waals surface area contributed by atoms with Crippen LogP contribution in [0.25, 0.3) is 0 Å². The van der Waals surface area contributed by atoms with Crippen LogP contribution in [0.2, 0.25) is 5.02 Å². The fourth-order valence-corrected chi connectivity index (χ4v) is 2.98. The summed E-state index contributed by atoms with van der Waals surface area (Å²) in [4.78, 5) is 14.7. The molecule has 1 aliphatic heterocycles. The van der Waals surface area contributed by atoms with E-state index in [0.717, 1.165) is 38.2 Å². The molecule has 1 saturated heterocycles. The van der Waals surface area contributed by atoms with Gasteiger partial charge < -0.3 is 10.2 Å². The number of hydrogen-bond acceptors (Lipinski definition) is 2. The van der Waals surface area contributed by atoms with E-state index in [-0.39, 0.29) is 5.91 Å². The zero-order chi connectivity index (χ0) is 15.5. The number of hydrogen-bond donors (Lipinski definition) is 1. The number of carbonyl (C=O) groups is 1. The summed E-state index contributed by atoms with van der Waals surface area (Å²) in [6, 6.07) is 5.48. The van der Waals surface area contributed by atoms with Crippen LogP contribution in [0.5, 0.6) is 0 Å². The Labute approximate surface area is 132 Å². The molecule has 116 valence electrons. The van der Waals surface area contributed by atoms with Crippen molar-refractivity contribution < 1.29 is 4.79 Å². The quantitative estimate of drug-likeness (QED) is 0.892. The first-order chi connectivity index (χ1) is 9.99. The molecule has 1 aromatic rings. The van der Waals surface area contributed by atoms with Crippen LogP contribution in [0, 0.1) is 5.41 Å². The molecule has 1 N–H and O–H groups in total. The first-order valence-corrected chi connectivity index (χ1v) is 8.19. The van der Waals surface area contributed by atoms with E-state index in [1.165, 1.54) is 6.42 Å². The Balaban J connectivity index is 2.15. The van der Waals surface area contributed by atoms with E-state index < -0.39 is 0 Å². The van der Waals surface area contributed by atoms with Gasteiger partial charge in [-0.2, -0.15) is 0 Å². The molecule has 21 heavy (non-hydrogen) atoms. The number of nitrogens with one attached hydrogen (secondary N) is 1. The Morgan fingerprint density at radius 2 is 2.00 bits per heavy atom. The zero-order valence-electron chi connectivity index (χ0n) is 13.2. The Morgan fingerprint density at radius 1 is 1.33 bits per heavy atom. The molecule has 1 aromatic carbocycles. The molecule has 0 saturated carbocycles. The van der Waals surface area contributed by atoms with Gasteiger partial charge in [0.05, 0.1) is 5.56 Å². The molecule has 0 aliphatic carbocycles. The standard InChI is InChI=1S/C17H25ClN2O/c1-4-17(3)8-10-20(11-9-17)16(21)14-12-13(18)6-7-15(14)19-5-2/h6-7,12,19H,4-5,8-11H2,1-3H3. The molecule has 0 aromatic heterocycles. The van der Waals surface area contributed by atoms with Crippen LogP contribution in [0.3, 0.4) is 0 Å². The van der Waals surface area contributed by atoms with Gasteiger partial charge in [-0.1, -0.05) is 31.9 Å². The van der Waals surface area contributed by atoms with Gasteiger partial charge in [0.2, 0.25) is 0 Å². The second-order valence-corrected chi connectivity index (χ2v) is 6.61. The summed E-state index contributed by atoms with van der Waals surface area (Å²) in [5.41, 5.74) is 1.94. The van der Waals surface area contributed by atoms with Crippen LogP contribution in [0.4, 0.5) is 5.69 Å². The molecule has 0 bridgehead atoms. The van der Waals surface area contributed by atoms with Gasteiger partial charge in [-0.05, 0) is 43.4 Å². The molecule has 1 fully saturated rings. The van der Waals surface area contributed by atoms with Gasteiger partial charge in [-0.3, -0.25) is 4.79 Å². The van der Waals surface area contributed by atoms with Crippen LogP contribution in [-0.4, -0.2) is 30.4 Å². The third-order valence-corrected chi connectivity index (χ3v) is 4.93. The molecule has 3 nitrogen and oxygen atoms in total. The maximum Gasteiger partial charge on any atom is 0.256 e. The van der Waals surface area contributed by atoms with Gasteiger partial charge >= 0.3 is 0 Å². The highest BCUT2D eigenvalue weighted by molar-refractivity contribution is 6.31. The zero-order valence-corrected chi connectivity index (χ0v) is 14.0. The van der Waals surface area contributed by atoms with Crippen LogP contribution in [0.1, 0.15) is 50.4 Å². The molecule has 0 unspecified atom stereocenters. The van der Waals surface area contributed by atoms with Gasteiger partial charge in [0, 0.05) is 30.3 Å². The van der Waals surface area contributed by atoms with Gasteiger partial charge in [0.25, 0.3) is 5.91 Å². The second kappa shape index (κ2) is 6.69. The first kappa shape index (κ1) is 16.2. The Morgan fingerprint density at radius 3 is 2.57 bits per heavy atom. The van der Waals surface area contributed by atoms with E-state index in [1.807, 2.05) is 24.0 Å². The molecule has 4 heteroatoms. The van der Waals surface area contributed by atoms with Crippen molar-refractivity contribution in [3.8, 4) is 0 Å². The second-order valence-electron chi connectivity index (χ2n) is 6.18. The smallest absolute Gasteiger partial charge is 0.256 e. The molecular formula is C17H25ClN2O. The summed E-state index contributed by atoms with van der Waals surface area (Å²) >= 11 is 6.07. The predicted molar refractivity (Wildman–Crippen MR) is 89.2 cm³/mol. The third-order valence-electron chi connectivity index (χ3n) is 4.69. The molecule has 0 spiro atoms. The highest BCUT2D eigenvalue weighted by Gasteiger charge is 2.31. The Kier molecular flexibility index (Phi) is 5.15. The number of halogens is 1. The summed E-state index contributed by atoms with van der Waals surface area (Å²) < 4.78 is 0. The summed E-state index contributed by atoms with van der Waals surface area (Å²) in [6.07, 6.45) is 3.33. The molecular weight excluding hydrogens is 284 g/mol. The molecule has 1 amide bonds. The number of anilines is 1. The maximum absolute atomic E-state index is 12.8. The minimum atomic E-state index is 0.0894. The lowest BCUT2D eigenvalue weighted by Crippen LogP contribution is -2.42. The Hall–Kier alpha value is -1.22. The minimum absolute atomic E-state index is 0.0894. The van der Waals surface area contributed by atoms with Crippen molar-refractivity contribution in [3.05, 3.63) is 28.8 Å². The van der Waals surface area contributed by atoms with Gasteiger partial charge in [-0.25, -0.2) is 0 Å². The minimum Gasteiger partial charge on any atom is -0.385 e. The fraction of sp³-hybridized carbons (Fsp3) is 0.588. The van der Waals surface area contributed by atoms with E-state index in [1.54, 1.807) is 6.07 Å². The third kappa shape index (κ3) is 3.70. The number of amides is 1. The molecule has 0 atom stereocenters.